The number of anilines is 1. The number of hydrogen-bond donors (Lipinski definition) is 1. The lowest BCUT2D eigenvalue weighted by atomic mass is 10.2. The molecule has 1 amide bonds. The van der Waals surface area contributed by atoms with Crippen LogP contribution in [0.2, 0.25) is 0 Å². The predicted molar refractivity (Wildman–Crippen MR) is 106 cm³/mol. The van der Waals surface area contributed by atoms with Crippen molar-refractivity contribution in [3.63, 3.8) is 0 Å². The Hall–Kier alpha value is -3.46. The van der Waals surface area contributed by atoms with E-state index in [2.05, 4.69) is 14.1 Å². The minimum absolute atomic E-state index is 0.414. The molecule has 2 aromatic carbocycles. The maximum atomic E-state index is 12.0. The minimum Gasteiger partial charge on any atom is -0.493 e. The second kappa shape index (κ2) is 8.96. The van der Waals surface area contributed by atoms with E-state index in [9.17, 15) is 9.59 Å². The van der Waals surface area contributed by atoms with E-state index in [0.717, 1.165) is 17.3 Å². The molecular formula is C19H17N3O5S. The summed E-state index contributed by atoms with van der Waals surface area (Å²) >= 11 is 1.06. The van der Waals surface area contributed by atoms with E-state index in [1.165, 1.54) is 13.2 Å². The van der Waals surface area contributed by atoms with E-state index >= 15 is 0 Å². The number of carbonyl (C=O) groups excluding carboxylic acids is 2. The van der Waals surface area contributed by atoms with Gasteiger partial charge in [0, 0.05) is 6.08 Å². The normalized spacial score (nSPS) is 10.8. The van der Waals surface area contributed by atoms with Gasteiger partial charge >= 0.3 is 5.97 Å². The number of fused-ring (bicyclic) bond motifs is 1. The highest BCUT2D eigenvalue weighted by atomic mass is 32.1. The van der Waals surface area contributed by atoms with Crippen molar-refractivity contribution in [2.24, 2.45) is 0 Å². The summed E-state index contributed by atoms with van der Waals surface area (Å²) in [5, 5.41) is 2.66. The molecule has 8 nitrogen and oxygen atoms in total. The molecule has 0 aliphatic heterocycles. The summed E-state index contributed by atoms with van der Waals surface area (Å²) in [6.45, 7) is -0.414. The third-order valence-corrected chi connectivity index (χ3v) is 4.27. The van der Waals surface area contributed by atoms with Crippen molar-refractivity contribution >= 4 is 46.4 Å². The Balaban J connectivity index is 1.54. The van der Waals surface area contributed by atoms with Crippen LogP contribution in [0.25, 0.3) is 17.1 Å². The summed E-state index contributed by atoms with van der Waals surface area (Å²) in [4.78, 5) is 23.9. The first-order valence-corrected chi connectivity index (χ1v) is 8.91. The van der Waals surface area contributed by atoms with Crippen molar-refractivity contribution in [1.82, 2.24) is 8.75 Å². The van der Waals surface area contributed by atoms with Gasteiger partial charge in [-0.25, -0.2) is 4.79 Å². The van der Waals surface area contributed by atoms with E-state index in [0.29, 0.717) is 28.2 Å². The highest BCUT2D eigenvalue weighted by Crippen LogP contribution is 2.28. The largest absolute Gasteiger partial charge is 0.493 e. The van der Waals surface area contributed by atoms with Crippen LogP contribution in [0.4, 0.5) is 5.69 Å². The van der Waals surface area contributed by atoms with Crippen LogP contribution in [0, 0.1) is 0 Å². The van der Waals surface area contributed by atoms with Gasteiger partial charge in [0.15, 0.2) is 18.1 Å². The Morgan fingerprint density at radius 1 is 1.11 bits per heavy atom. The topological polar surface area (TPSA) is 99.6 Å². The average Bonchev–Trinajstić information content (AvgIpc) is 3.20. The van der Waals surface area contributed by atoms with Gasteiger partial charge in [-0.05, 0) is 35.9 Å². The van der Waals surface area contributed by atoms with Crippen LogP contribution in [-0.2, 0) is 14.3 Å². The van der Waals surface area contributed by atoms with Gasteiger partial charge in [0.25, 0.3) is 5.91 Å². The number of methoxy groups -OCH3 is 2. The second-order valence-corrected chi connectivity index (χ2v) is 6.07. The van der Waals surface area contributed by atoms with Gasteiger partial charge in [0.2, 0.25) is 0 Å². The average molecular weight is 399 g/mol. The maximum absolute atomic E-state index is 12.0. The molecule has 0 atom stereocenters. The molecular weight excluding hydrogens is 382 g/mol. The van der Waals surface area contributed by atoms with Gasteiger partial charge < -0.3 is 19.5 Å². The molecule has 0 unspecified atom stereocenters. The van der Waals surface area contributed by atoms with Crippen LogP contribution in [0.5, 0.6) is 11.5 Å². The number of amides is 1. The van der Waals surface area contributed by atoms with E-state index in [-0.39, 0.29) is 0 Å². The van der Waals surface area contributed by atoms with Crippen LogP contribution in [0.15, 0.2) is 42.5 Å². The van der Waals surface area contributed by atoms with Crippen LogP contribution >= 0.6 is 11.7 Å². The first-order valence-electron chi connectivity index (χ1n) is 8.18. The van der Waals surface area contributed by atoms with Gasteiger partial charge in [-0.15, -0.1) is 0 Å². The third kappa shape index (κ3) is 4.63. The second-order valence-electron chi connectivity index (χ2n) is 5.54. The number of nitrogens with one attached hydrogen (secondary N) is 1. The first-order chi connectivity index (χ1) is 13.6. The zero-order valence-corrected chi connectivity index (χ0v) is 16.0. The molecule has 3 rings (SSSR count). The Kier molecular flexibility index (Phi) is 6.18. The van der Waals surface area contributed by atoms with Gasteiger partial charge in [-0.2, -0.15) is 8.75 Å². The number of hydrogen-bond acceptors (Lipinski definition) is 8. The Bertz CT molecular complexity index is 1030. The predicted octanol–water partition coefficient (Wildman–Crippen LogP) is 2.90. The van der Waals surface area contributed by atoms with E-state index in [4.69, 9.17) is 14.2 Å². The minimum atomic E-state index is -0.640. The SMILES string of the molecule is COc1ccc(/C=C/C(=O)OCC(=O)Nc2cccc3nsnc23)cc1OC. The van der Waals surface area contributed by atoms with Crippen molar-refractivity contribution in [2.75, 3.05) is 26.1 Å². The Labute approximate surface area is 165 Å². The van der Waals surface area contributed by atoms with E-state index < -0.39 is 18.5 Å². The molecule has 144 valence electrons. The lowest BCUT2D eigenvalue weighted by Gasteiger charge is -2.07. The molecule has 0 saturated carbocycles. The molecule has 0 aliphatic carbocycles. The molecule has 3 aromatic rings. The zero-order chi connectivity index (χ0) is 19.9. The summed E-state index contributed by atoms with van der Waals surface area (Å²) in [5.41, 5.74) is 2.54. The zero-order valence-electron chi connectivity index (χ0n) is 15.2. The van der Waals surface area contributed by atoms with Gasteiger partial charge in [-0.1, -0.05) is 12.1 Å². The van der Waals surface area contributed by atoms with Crippen molar-refractivity contribution in [2.45, 2.75) is 0 Å². The molecule has 0 saturated heterocycles. The number of benzene rings is 2. The fraction of sp³-hybridized carbons (Fsp3) is 0.158. The highest BCUT2D eigenvalue weighted by molar-refractivity contribution is 7.00. The van der Waals surface area contributed by atoms with Crippen molar-refractivity contribution in [3.8, 4) is 11.5 Å². The van der Waals surface area contributed by atoms with Crippen LogP contribution in [0.3, 0.4) is 0 Å². The molecule has 0 bridgehead atoms. The summed E-state index contributed by atoms with van der Waals surface area (Å²) in [7, 11) is 3.07. The van der Waals surface area contributed by atoms with Gasteiger partial charge in [0.1, 0.15) is 11.0 Å². The van der Waals surface area contributed by atoms with Crippen LogP contribution < -0.4 is 14.8 Å². The summed E-state index contributed by atoms with van der Waals surface area (Å²) in [5.74, 6) is 0.0270. The molecule has 0 fully saturated rings. The fourth-order valence-corrected chi connectivity index (χ4v) is 2.95. The van der Waals surface area contributed by atoms with Gasteiger partial charge in [0.05, 0.1) is 31.6 Å². The monoisotopic (exact) mass is 399 g/mol. The lowest BCUT2D eigenvalue weighted by Crippen LogP contribution is -2.20. The quantitative estimate of drug-likeness (QED) is 0.482. The molecule has 0 spiro atoms. The fourth-order valence-electron chi connectivity index (χ4n) is 2.40. The molecule has 1 N–H and O–H groups in total. The third-order valence-electron chi connectivity index (χ3n) is 3.73. The molecule has 28 heavy (non-hydrogen) atoms. The molecule has 9 heteroatoms. The maximum Gasteiger partial charge on any atom is 0.331 e. The van der Waals surface area contributed by atoms with Crippen molar-refractivity contribution < 1.29 is 23.8 Å². The molecule has 0 radical (unpaired) electrons. The number of aromatic nitrogens is 2. The number of ether oxygens (including phenoxy) is 3. The van der Waals surface area contributed by atoms with Crippen molar-refractivity contribution in [3.05, 3.63) is 48.0 Å². The number of rotatable bonds is 7. The summed E-state index contributed by atoms with van der Waals surface area (Å²) < 4.78 is 23.6. The standard InChI is InChI=1S/C19H17N3O5S/c1-25-15-8-6-12(10-16(15)26-2)7-9-18(24)27-11-17(23)20-13-4-3-5-14-19(13)22-28-21-14/h3-10H,11H2,1-2H3,(H,20,23)/b9-7+. The summed E-state index contributed by atoms with van der Waals surface area (Å²) in [6, 6.07) is 10.5. The van der Waals surface area contributed by atoms with Crippen LogP contribution in [0.1, 0.15) is 5.56 Å². The van der Waals surface area contributed by atoms with Crippen LogP contribution in [-0.4, -0.2) is 41.5 Å². The number of nitrogens with zero attached hydrogens (tertiary/aromatic N) is 2. The van der Waals surface area contributed by atoms with E-state index in [1.807, 2.05) is 0 Å². The first kappa shape index (κ1) is 19.3. The number of esters is 1. The number of carbonyl (C=O) groups is 2. The van der Waals surface area contributed by atoms with Gasteiger partial charge in [-0.3, -0.25) is 4.79 Å². The summed E-state index contributed by atoms with van der Waals surface area (Å²) in [6.07, 6.45) is 2.80. The smallest absolute Gasteiger partial charge is 0.331 e. The molecule has 0 aliphatic rings. The Morgan fingerprint density at radius 3 is 2.71 bits per heavy atom. The highest BCUT2D eigenvalue weighted by Gasteiger charge is 2.10. The van der Waals surface area contributed by atoms with Crippen molar-refractivity contribution in [1.29, 1.82) is 0 Å². The Morgan fingerprint density at radius 2 is 1.93 bits per heavy atom. The lowest BCUT2D eigenvalue weighted by molar-refractivity contribution is -0.142. The molecule has 1 heterocycles. The van der Waals surface area contributed by atoms with E-state index in [1.54, 1.807) is 49.6 Å². The molecule has 1 aromatic heterocycles.